The zero-order valence-electron chi connectivity index (χ0n) is 12.1. The summed E-state index contributed by atoms with van der Waals surface area (Å²) >= 11 is 5.05. The Labute approximate surface area is 124 Å². The maximum atomic E-state index is 11.8. The summed E-state index contributed by atoms with van der Waals surface area (Å²) in [5.41, 5.74) is 1.21. The first-order chi connectivity index (χ1) is 9.31. The predicted molar refractivity (Wildman–Crippen MR) is 83.7 cm³/mol. The lowest BCUT2D eigenvalue weighted by atomic mass is 10.2. The highest BCUT2D eigenvalue weighted by molar-refractivity contribution is 7.80. The van der Waals surface area contributed by atoms with Crippen LogP contribution in [0.2, 0.25) is 0 Å². The number of anilines is 1. The molecule has 1 aromatic rings. The minimum absolute atomic E-state index is 0.0919. The number of nitrogens with one attached hydrogen (secondary N) is 2. The van der Waals surface area contributed by atoms with Crippen LogP contribution in [0.3, 0.4) is 0 Å². The Bertz CT molecular complexity index is 527. The smallest absolute Gasteiger partial charge is 0.253 e. The van der Waals surface area contributed by atoms with Crippen molar-refractivity contribution in [3.8, 4) is 0 Å². The van der Waals surface area contributed by atoms with E-state index in [1.165, 1.54) is 4.90 Å². The number of carbonyl (C=O) groups is 2. The molecule has 2 N–H and O–H groups in total. The van der Waals surface area contributed by atoms with Crippen molar-refractivity contribution < 1.29 is 9.59 Å². The summed E-state index contributed by atoms with van der Waals surface area (Å²) in [5.74, 6) is -0.384. The van der Waals surface area contributed by atoms with Crippen LogP contribution in [-0.2, 0) is 4.79 Å². The number of benzene rings is 1. The van der Waals surface area contributed by atoms with Crippen molar-refractivity contribution in [2.75, 3.05) is 19.4 Å². The van der Waals surface area contributed by atoms with Gasteiger partial charge >= 0.3 is 0 Å². The molecule has 20 heavy (non-hydrogen) atoms. The van der Waals surface area contributed by atoms with E-state index < -0.39 is 0 Å². The van der Waals surface area contributed by atoms with E-state index in [1.54, 1.807) is 52.2 Å². The molecule has 108 valence electrons. The van der Waals surface area contributed by atoms with Gasteiger partial charge < -0.3 is 15.5 Å². The van der Waals surface area contributed by atoms with Crippen LogP contribution in [0.15, 0.2) is 24.3 Å². The number of thiocarbonyl (C=S) groups is 1. The third kappa shape index (κ3) is 4.62. The molecule has 0 fully saturated rings. The van der Waals surface area contributed by atoms with E-state index in [4.69, 9.17) is 12.2 Å². The average Bonchev–Trinajstić information content (AvgIpc) is 2.37. The van der Waals surface area contributed by atoms with Gasteiger partial charge in [0.15, 0.2) is 5.11 Å². The molecule has 0 spiro atoms. The maximum Gasteiger partial charge on any atom is 0.253 e. The molecule has 0 aliphatic heterocycles. The first-order valence-corrected chi connectivity index (χ1v) is 6.65. The Kier molecular flexibility index (Phi) is 5.64. The largest absolute Gasteiger partial charge is 0.345 e. The van der Waals surface area contributed by atoms with Crippen LogP contribution in [-0.4, -0.2) is 35.9 Å². The van der Waals surface area contributed by atoms with E-state index in [0.717, 1.165) is 0 Å². The molecule has 0 saturated heterocycles. The van der Waals surface area contributed by atoms with E-state index in [0.29, 0.717) is 11.3 Å². The molecular formula is C14H19N3O2S. The second-order valence-electron chi connectivity index (χ2n) is 4.88. The zero-order chi connectivity index (χ0) is 15.3. The van der Waals surface area contributed by atoms with E-state index in [-0.39, 0.29) is 22.8 Å². The van der Waals surface area contributed by atoms with Crippen molar-refractivity contribution in [1.82, 2.24) is 10.2 Å². The van der Waals surface area contributed by atoms with E-state index in [9.17, 15) is 9.59 Å². The highest BCUT2D eigenvalue weighted by Crippen LogP contribution is 2.12. The van der Waals surface area contributed by atoms with Crippen LogP contribution in [0.25, 0.3) is 0 Å². The van der Waals surface area contributed by atoms with Gasteiger partial charge in [0, 0.05) is 31.3 Å². The molecule has 0 aromatic heterocycles. The normalized spacial score (nSPS) is 10.1. The molecule has 0 atom stereocenters. The van der Waals surface area contributed by atoms with Gasteiger partial charge in [0.25, 0.3) is 5.91 Å². The topological polar surface area (TPSA) is 61.4 Å². The lowest BCUT2D eigenvalue weighted by molar-refractivity contribution is -0.122. The Morgan fingerprint density at radius 3 is 2.45 bits per heavy atom. The summed E-state index contributed by atoms with van der Waals surface area (Å²) in [5, 5.41) is 5.70. The third-order valence-corrected chi connectivity index (χ3v) is 2.74. The third-order valence-electron chi connectivity index (χ3n) is 2.53. The summed E-state index contributed by atoms with van der Waals surface area (Å²) in [6.07, 6.45) is 0. The van der Waals surface area contributed by atoms with Gasteiger partial charge in [-0.2, -0.15) is 0 Å². The van der Waals surface area contributed by atoms with Crippen LogP contribution >= 0.6 is 12.2 Å². The zero-order valence-corrected chi connectivity index (χ0v) is 12.9. The van der Waals surface area contributed by atoms with Crippen molar-refractivity contribution in [3.05, 3.63) is 29.8 Å². The number of hydrogen-bond donors (Lipinski definition) is 2. The quantitative estimate of drug-likeness (QED) is 0.835. The number of hydrogen-bond acceptors (Lipinski definition) is 3. The van der Waals surface area contributed by atoms with Crippen LogP contribution in [0.5, 0.6) is 0 Å². The molecule has 0 radical (unpaired) electrons. The monoisotopic (exact) mass is 293 g/mol. The summed E-state index contributed by atoms with van der Waals surface area (Å²) in [7, 11) is 3.38. The predicted octanol–water partition coefficient (Wildman–Crippen LogP) is 1.86. The van der Waals surface area contributed by atoms with E-state index in [2.05, 4.69) is 10.6 Å². The van der Waals surface area contributed by atoms with E-state index in [1.807, 2.05) is 0 Å². The van der Waals surface area contributed by atoms with Crippen LogP contribution in [0, 0.1) is 5.92 Å². The first kappa shape index (κ1) is 16.1. The van der Waals surface area contributed by atoms with E-state index >= 15 is 0 Å². The Morgan fingerprint density at radius 2 is 1.90 bits per heavy atom. The lowest BCUT2D eigenvalue weighted by Crippen LogP contribution is -2.36. The van der Waals surface area contributed by atoms with Crippen molar-refractivity contribution in [2.45, 2.75) is 13.8 Å². The minimum Gasteiger partial charge on any atom is -0.345 e. The molecule has 0 saturated carbocycles. The summed E-state index contributed by atoms with van der Waals surface area (Å²) in [4.78, 5) is 24.9. The van der Waals surface area contributed by atoms with Gasteiger partial charge in [0.05, 0.1) is 0 Å². The summed E-state index contributed by atoms with van der Waals surface area (Å²) in [6, 6.07) is 6.95. The number of carbonyl (C=O) groups excluding carboxylic acids is 2. The summed E-state index contributed by atoms with van der Waals surface area (Å²) in [6.45, 7) is 3.57. The number of nitrogens with zero attached hydrogens (tertiary/aromatic N) is 1. The van der Waals surface area contributed by atoms with Crippen molar-refractivity contribution in [1.29, 1.82) is 0 Å². The van der Waals surface area contributed by atoms with Crippen molar-refractivity contribution in [2.24, 2.45) is 5.92 Å². The van der Waals surface area contributed by atoms with Gasteiger partial charge in [0.1, 0.15) is 0 Å². The highest BCUT2D eigenvalue weighted by atomic mass is 32.1. The van der Waals surface area contributed by atoms with Crippen molar-refractivity contribution >= 4 is 34.8 Å². The Morgan fingerprint density at radius 1 is 1.25 bits per heavy atom. The Hall–Kier alpha value is -1.95. The van der Waals surface area contributed by atoms with Gasteiger partial charge in [-0.1, -0.05) is 19.9 Å². The van der Waals surface area contributed by atoms with Crippen LogP contribution in [0.4, 0.5) is 5.69 Å². The maximum absolute atomic E-state index is 11.8. The van der Waals surface area contributed by atoms with Gasteiger partial charge in [-0.3, -0.25) is 9.59 Å². The molecule has 1 rings (SSSR count). The number of amides is 2. The molecule has 6 heteroatoms. The molecule has 0 bridgehead atoms. The summed E-state index contributed by atoms with van der Waals surface area (Å²) < 4.78 is 0. The fourth-order valence-corrected chi connectivity index (χ4v) is 1.63. The molecule has 1 aromatic carbocycles. The molecule has 0 aliphatic carbocycles. The minimum atomic E-state index is -0.150. The van der Waals surface area contributed by atoms with Crippen molar-refractivity contribution in [3.63, 3.8) is 0 Å². The standard InChI is InChI=1S/C14H19N3O2S/c1-9(2)12(18)16-14(20)15-11-7-5-6-10(8-11)13(19)17(3)4/h5-9H,1-4H3,(H2,15,16,18,20). The molecule has 2 amide bonds. The molecule has 0 unspecified atom stereocenters. The second-order valence-corrected chi connectivity index (χ2v) is 5.29. The van der Waals surface area contributed by atoms with Gasteiger partial charge in [-0.05, 0) is 30.4 Å². The van der Waals surface area contributed by atoms with Gasteiger partial charge in [0.2, 0.25) is 5.91 Å². The van der Waals surface area contributed by atoms with Crippen LogP contribution in [0.1, 0.15) is 24.2 Å². The fraction of sp³-hybridized carbons (Fsp3) is 0.357. The van der Waals surface area contributed by atoms with Gasteiger partial charge in [-0.15, -0.1) is 0 Å². The average molecular weight is 293 g/mol. The molecular weight excluding hydrogens is 274 g/mol. The van der Waals surface area contributed by atoms with Gasteiger partial charge in [-0.25, -0.2) is 0 Å². The lowest BCUT2D eigenvalue weighted by Gasteiger charge is -2.13. The SMILES string of the molecule is CC(C)C(=O)NC(=S)Nc1cccc(C(=O)N(C)C)c1. The second kappa shape index (κ2) is 7.00. The first-order valence-electron chi connectivity index (χ1n) is 6.25. The highest BCUT2D eigenvalue weighted by Gasteiger charge is 2.11. The fourth-order valence-electron chi connectivity index (χ4n) is 1.41. The number of rotatable bonds is 3. The molecule has 5 nitrogen and oxygen atoms in total. The Balaban J connectivity index is 2.74. The molecule has 0 heterocycles. The molecule has 0 aliphatic rings. The van der Waals surface area contributed by atoms with Crippen LogP contribution < -0.4 is 10.6 Å².